The van der Waals surface area contributed by atoms with Crippen molar-refractivity contribution in [3.8, 4) is 0 Å². The van der Waals surface area contributed by atoms with Crippen molar-refractivity contribution in [2.24, 2.45) is 0 Å². The number of nitrogens with zero attached hydrogens (tertiary/aromatic N) is 1. The van der Waals surface area contributed by atoms with Gasteiger partial charge in [-0.05, 0) is 13.8 Å². The van der Waals surface area contributed by atoms with Crippen molar-refractivity contribution < 1.29 is 40.1 Å². The van der Waals surface area contributed by atoms with Crippen molar-refractivity contribution in [2.75, 3.05) is 53.6 Å². The van der Waals surface area contributed by atoms with Crippen LogP contribution in [0.15, 0.2) is 0 Å². The first-order valence-electron chi connectivity index (χ1n) is 6.34. The fraction of sp³-hybridized carbons (Fsp3) is 1.00. The summed E-state index contributed by atoms with van der Waals surface area (Å²) in [6, 6.07) is 0. The predicted octanol–water partition coefficient (Wildman–Crippen LogP) is 1.19. The van der Waals surface area contributed by atoms with Gasteiger partial charge in [0.2, 0.25) is 0 Å². The first-order valence-corrected chi connectivity index (χ1v) is 7.75. The molecule has 21 heavy (non-hydrogen) atoms. The molecule has 0 unspecified atom stereocenters. The Labute approximate surface area is 124 Å². The first kappa shape index (κ1) is 22.9. The van der Waals surface area contributed by atoms with Crippen LogP contribution in [0, 0.1) is 0 Å². The van der Waals surface area contributed by atoms with E-state index in [4.69, 9.17) is 22.4 Å². The molecular formula is C11H24F3NO5S. The van der Waals surface area contributed by atoms with Crippen LogP contribution in [-0.4, -0.2) is 76.6 Å². The van der Waals surface area contributed by atoms with E-state index in [2.05, 4.69) is 13.8 Å². The molecule has 0 heterocycles. The van der Waals surface area contributed by atoms with Crippen LogP contribution in [0.1, 0.15) is 13.8 Å². The molecule has 0 aliphatic heterocycles. The second-order valence-electron chi connectivity index (χ2n) is 4.31. The Bertz CT molecular complexity index is 345. The highest BCUT2D eigenvalue weighted by atomic mass is 32.2. The van der Waals surface area contributed by atoms with Crippen LogP contribution in [0.5, 0.6) is 0 Å². The number of hydrogen-bond acceptors (Lipinski definition) is 5. The van der Waals surface area contributed by atoms with Crippen LogP contribution in [0.25, 0.3) is 0 Å². The number of rotatable bonds is 8. The molecule has 0 aromatic heterocycles. The molecule has 10 heteroatoms. The van der Waals surface area contributed by atoms with Gasteiger partial charge in [0, 0.05) is 14.2 Å². The molecule has 0 rings (SSSR count). The zero-order valence-corrected chi connectivity index (χ0v) is 13.6. The van der Waals surface area contributed by atoms with Crippen molar-refractivity contribution in [2.45, 2.75) is 19.4 Å². The maximum atomic E-state index is 10.7. The molecule has 0 aromatic carbocycles. The summed E-state index contributed by atoms with van der Waals surface area (Å²) in [5.74, 6) is 0. The summed E-state index contributed by atoms with van der Waals surface area (Å²) in [4.78, 5) is 0. The lowest BCUT2D eigenvalue weighted by Gasteiger charge is -2.36. The van der Waals surface area contributed by atoms with Gasteiger partial charge < -0.3 is 18.5 Å². The van der Waals surface area contributed by atoms with Gasteiger partial charge in [0.05, 0.1) is 26.3 Å². The average molecular weight is 339 g/mol. The number of methoxy groups -OCH3 is 2. The first-order chi connectivity index (χ1) is 9.49. The van der Waals surface area contributed by atoms with Crippen LogP contribution in [0.4, 0.5) is 13.2 Å². The third-order valence-electron chi connectivity index (χ3n) is 3.16. The van der Waals surface area contributed by atoms with Gasteiger partial charge in [-0.3, -0.25) is 0 Å². The second-order valence-corrected chi connectivity index (χ2v) is 5.68. The Hall–Kier alpha value is -0.420. The lowest BCUT2D eigenvalue weighted by Crippen LogP contribution is -2.51. The highest BCUT2D eigenvalue weighted by molar-refractivity contribution is 7.86. The Morgan fingerprint density at radius 1 is 1.00 bits per heavy atom. The SMILES string of the molecule is CC[N+](CC)(CCOC)CCOC.O=S(=O)([O-])C(F)(F)F. The average Bonchev–Trinajstić information content (AvgIpc) is 2.38. The molecule has 0 fully saturated rings. The lowest BCUT2D eigenvalue weighted by molar-refractivity contribution is -0.925. The fourth-order valence-electron chi connectivity index (χ4n) is 1.54. The third-order valence-corrected chi connectivity index (χ3v) is 3.73. The van der Waals surface area contributed by atoms with Gasteiger partial charge in [-0.15, -0.1) is 0 Å². The molecule has 0 atom stereocenters. The largest absolute Gasteiger partial charge is 0.741 e. The normalized spacial score (nSPS) is 12.8. The van der Waals surface area contributed by atoms with Crippen molar-refractivity contribution in [3.63, 3.8) is 0 Å². The molecule has 0 amide bonds. The van der Waals surface area contributed by atoms with E-state index in [1.54, 1.807) is 14.2 Å². The molecule has 130 valence electrons. The smallest absolute Gasteiger partial charge is 0.485 e. The van der Waals surface area contributed by atoms with E-state index >= 15 is 0 Å². The number of quaternary nitrogens is 1. The number of alkyl halides is 3. The zero-order valence-electron chi connectivity index (χ0n) is 12.8. The molecular weight excluding hydrogens is 315 g/mol. The maximum Gasteiger partial charge on any atom is 0.485 e. The number of hydrogen-bond donors (Lipinski definition) is 0. The van der Waals surface area contributed by atoms with Gasteiger partial charge in [-0.2, -0.15) is 13.2 Å². The predicted molar refractivity (Wildman–Crippen MR) is 70.6 cm³/mol. The van der Waals surface area contributed by atoms with Gasteiger partial charge in [-0.25, -0.2) is 8.42 Å². The number of halogens is 3. The monoisotopic (exact) mass is 339 g/mol. The van der Waals surface area contributed by atoms with Crippen LogP contribution < -0.4 is 0 Å². The van der Waals surface area contributed by atoms with E-state index in [1.165, 1.54) is 0 Å². The Morgan fingerprint density at radius 2 is 1.29 bits per heavy atom. The Balaban J connectivity index is 0. The zero-order chi connectivity index (χ0) is 17.2. The Morgan fingerprint density at radius 3 is 1.43 bits per heavy atom. The lowest BCUT2D eigenvalue weighted by atomic mass is 10.3. The molecule has 0 saturated heterocycles. The van der Waals surface area contributed by atoms with Crippen molar-refractivity contribution in [1.29, 1.82) is 0 Å². The molecule has 0 bridgehead atoms. The second kappa shape index (κ2) is 10.3. The number of likely N-dealkylation sites (N-methyl/N-ethyl adjacent to an activating group) is 1. The van der Waals surface area contributed by atoms with E-state index in [0.717, 1.165) is 43.9 Å². The molecule has 0 aliphatic rings. The summed E-state index contributed by atoms with van der Waals surface area (Å²) in [6.45, 7) is 10.6. The van der Waals surface area contributed by atoms with Crippen LogP contribution in [-0.2, 0) is 19.6 Å². The molecule has 0 N–H and O–H groups in total. The van der Waals surface area contributed by atoms with Crippen molar-refractivity contribution >= 4 is 10.1 Å². The minimum atomic E-state index is -6.09. The quantitative estimate of drug-likeness (QED) is 0.377. The number of ether oxygens (including phenoxy) is 2. The molecule has 0 radical (unpaired) electrons. The summed E-state index contributed by atoms with van der Waals surface area (Å²) in [5.41, 5.74) is -5.65. The minimum Gasteiger partial charge on any atom is -0.741 e. The third kappa shape index (κ3) is 10.0. The molecule has 0 saturated carbocycles. The van der Waals surface area contributed by atoms with Crippen LogP contribution >= 0.6 is 0 Å². The molecule has 0 spiro atoms. The summed E-state index contributed by atoms with van der Waals surface area (Å²) in [7, 11) is -2.57. The van der Waals surface area contributed by atoms with Gasteiger partial charge >= 0.3 is 5.51 Å². The molecule has 0 aromatic rings. The summed E-state index contributed by atoms with van der Waals surface area (Å²) in [6.07, 6.45) is 0. The maximum absolute atomic E-state index is 10.7. The van der Waals surface area contributed by atoms with E-state index in [-0.39, 0.29) is 0 Å². The van der Waals surface area contributed by atoms with E-state index < -0.39 is 15.6 Å². The summed E-state index contributed by atoms with van der Waals surface area (Å²) >= 11 is 0. The topological polar surface area (TPSA) is 75.7 Å². The van der Waals surface area contributed by atoms with E-state index in [1.807, 2.05) is 0 Å². The van der Waals surface area contributed by atoms with Crippen LogP contribution in [0.3, 0.4) is 0 Å². The highest BCUT2D eigenvalue weighted by Crippen LogP contribution is 2.20. The van der Waals surface area contributed by atoms with E-state index in [0.29, 0.717) is 0 Å². The standard InChI is InChI=1S/C10H24NO2.CHF3O3S/c1-5-11(6-2,7-9-12-3)8-10-13-4;2-1(3,4)8(5,6)7/h5-10H2,1-4H3;(H,5,6,7)/q+1;/p-1. The minimum absolute atomic E-state index is 0.839. The van der Waals surface area contributed by atoms with Gasteiger partial charge in [0.15, 0.2) is 10.1 Å². The Kier molecular flexibility index (Phi) is 11.2. The van der Waals surface area contributed by atoms with Gasteiger partial charge in [-0.1, -0.05) is 0 Å². The molecule has 6 nitrogen and oxygen atoms in total. The van der Waals surface area contributed by atoms with Crippen LogP contribution in [0.2, 0.25) is 0 Å². The van der Waals surface area contributed by atoms with Crippen molar-refractivity contribution in [1.82, 2.24) is 0 Å². The van der Waals surface area contributed by atoms with Crippen molar-refractivity contribution in [3.05, 3.63) is 0 Å². The van der Waals surface area contributed by atoms with Gasteiger partial charge in [0.1, 0.15) is 13.1 Å². The summed E-state index contributed by atoms with van der Waals surface area (Å²) in [5, 5.41) is 0. The van der Waals surface area contributed by atoms with E-state index in [9.17, 15) is 13.2 Å². The highest BCUT2D eigenvalue weighted by Gasteiger charge is 2.36. The summed E-state index contributed by atoms with van der Waals surface area (Å²) < 4.78 is 70.3. The molecule has 0 aliphatic carbocycles. The van der Waals surface area contributed by atoms with Gasteiger partial charge in [0.25, 0.3) is 0 Å². The fourth-order valence-corrected chi connectivity index (χ4v) is 1.54.